The summed E-state index contributed by atoms with van der Waals surface area (Å²) in [5.74, 6) is 0.491. The maximum atomic E-state index is 9.45. The van der Waals surface area contributed by atoms with Crippen LogP contribution in [-0.2, 0) is 26.5 Å². The molecule has 0 saturated carbocycles. The van der Waals surface area contributed by atoms with Gasteiger partial charge in [0, 0.05) is 18.8 Å². The van der Waals surface area contributed by atoms with Crippen LogP contribution in [0.1, 0.15) is 69.7 Å². The quantitative estimate of drug-likeness (QED) is 0.135. The van der Waals surface area contributed by atoms with Crippen LogP contribution in [0, 0.1) is 33.9 Å². The van der Waals surface area contributed by atoms with Crippen molar-refractivity contribution in [1.82, 2.24) is 14.5 Å². The van der Waals surface area contributed by atoms with Gasteiger partial charge in [0.2, 0.25) is 0 Å². The Morgan fingerprint density at radius 1 is 0.641 bits per heavy atom. The molecule has 0 aliphatic rings. The first kappa shape index (κ1) is 42.9. The maximum Gasteiger partial charge on any atom is 2.00 e. The molecule has 5 heteroatoms. The summed E-state index contributed by atoms with van der Waals surface area (Å²) in [6.07, 6.45) is 1.89. The van der Waals surface area contributed by atoms with E-state index in [0.29, 0.717) is 5.75 Å². The molecule has 2 aromatic heterocycles. The molecule has 320 valence electrons. The molecule has 0 amide bonds. The Hall–Kier alpha value is -6.35. The van der Waals surface area contributed by atoms with Crippen LogP contribution >= 0.6 is 0 Å². The number of para-hydroxylation sites is 1. The van der Waals surface area contributed by atoms with Gasteiger partial charge in [-0.25, -0.2) is 4.98 Å². The van der Waals surface area contributed by atoms with Gasteiger partial charge in [0.15, 0.2) is 0 Å². The number of aromatic nitrogens is 3. The van der Waals surface area contributed by atoms with Gasteiger partial charge in [0.1, 0.15) is 5.82 Å². The first-order valence-electron chi connectivity index (χ1n) is 22.1. The molecule has 0 bridgehead atoms. The number of benzene rings is 7. The normalized spacial score (nSPS) is 11.9. The summed E-state index contributed by atoms with van der Waals surface area (Å²) < 4.78 is 17.7. The Morgan fingerprint density at radius 2 is 1.31 bits per heavy atom. The average Bonchev–Trinajstić information content (AvgIpc) is 3.68. The summed E-state index contributed by atoms with van der Waals surface area (Å²) in [4.78, 5) is 10.6. The van der Waals surface area contributed by atoms with Crippen molar-refractivity contribution in [3.63, 3.8) is 0 Å². The first-order valence-corrected chi connectivity index (χ1v) is 21.6. The molecule has 0 aliphatic carbocycles. The van der Waals surface area contributed by atoms with Crippen molar-refractivity contribution in [3.8, 4) is 78.6 Å². The van der Waals surface area contributed by atoms with Crippen LogP contribution in [0.3, 0.4) is 0 Å². The number of nitrogens with zero attached hydrogens (tertiary/aromatic N) is 3. The summed E-state index contributed by atoms with van der Waals surface area (Å²) >= 11 is 0. The fourth-order valence-electron chi connectivity index (χ4n) is 8.73. The molecule has 2 heterocycles. The zero-order chi connectivity index (χ0) is 44.9. The Kier molecular flexibility index (Phi) is 12.1. The third kappa shape index (κ3) is 8.52. The Morgan fingerprint density at radius 3 is 1.97 bits per heavy atom. The van der Waals surface area contributed by atoms with Crippen molar-refractivity contribution in [2.24, 2.45) is 0 Å². The number of fused-ring (bicyclic) bond motifs is 1. The molecule has 4 nitrogen and oxygen atoms in total. The fourth-order valence-corrected chi connectivity index (χ4v) is 8.73. The monoisotopic (exact) mass is 1020 g/mol. The van der Waals surface area contributed by atoms with E-state index in [4.69, 9.17) is 14.7 Å². The second-order valence-electron chi connectivity index (χ2n) is 17.9. The van der Waals surface area contributed by atoms with Crippen LogP contribution in [0.5, 0.6) is 5.75 Å². The molecule has 0 unspecified atom stereocenters. The minimum Gasteiger partial charge on any atom is -0.665 e. The van der Waals surface area contributed by atoms with Crippen molar-refractivity contribution in [3.05, 3.63) is 199 Å². The van der Waals surface area contributed by atoms with Crippen LogP contribution in [0.4, 0.5) is 0 Å². The largest absolute Gasteiger partial charge is 2.00 e. The molecule has 0 N–H and O–H groups in total. The van der Waals surface area contributed by atoms with Crippen molar-refractivity contribution in [2.75, 3.05) is 0 Å². The predicted octanol–water partition coefficient (Wildman–Crippen LogP) is 15.7. The minimum atomic E-state index is -0.900. The second-order valence-corrected chi connectivity index (χ2v) is 17.9. The molecule has 64 heavy (non-hydrogen) atoms. The van der Waals surface area contributed by atoms with Crippen LogP contribution in [0.15, 0.2) is 158 Å². The number of aryl methyl sites for hydroxylation is 3. The molecular weight excluding hydrogens is 962 g/mol. The second kappa shape index (κ2) is 18.0. The SMILES string of the molecule is [2H]C(C)(C)c1cc(-c2ccccc2)c(-n2c(-c3cc(C)cc(C)c3O[CH2-])nc3c(-c4[c-]c(-c5cc(-c6ccc(C)cc6)ccn5)cc(C(C)(C)C)c4)cccc32)cc1-c1ccccc1.[Pt+2]. The van der Waals surface area contributed by atoms with Gasteiger partial charge in [-0.05, 0) is 107 Å². The molecule has 0 fully saturated rings. The molecule has 0 spiro atoms. The van der Waals surface area contributed by atoms with E-state index in [9.17, 15) is 1.37 Å². The van der Waals surface area contributed by atoms with Gasteiger partial charge in [0.25, 0.3) is 0 Å². The molecule has 7 aromatic carbocycles. The molecular formula is C59H53N3OPt. The number of hydrogen-bond acceptors (Lipinski definition) is 3. The Bertz CT molecular complexity index is 3180. The van der Waals surface area contributed by atoms with Gasteiger partial charge in [-0.15, -0.1) is 29.3 Å². The van der Waals surface area contributed by atoms with Crippen LogP contribution in [0.25, 0.3) is 83.9 Å². The fraction of sp³-hybridized carbons (Fsp3) is 0.169. The van der Waals surface area contributed by atoms with E-state index in [-0.39, 0.29) is 26.5 Å². The van der Waals surface area contributed by atoms with Gasteiger partial charge in [0.05, 0.1) is 28.0 Å². The van der Waals surface area contributed by atoms with Gasteiger partial charge in [-0.2, -0.15) is 7.11 Å². The topological polar surface area (TPSA) is 39.9 Å². The Labute approximate surface area is 394 Å². The maximum absolute atomic E-state index is 9.45. The summed E-state index contributed by atoms with van der Waals surface area (Å²) in [6.45, 7) is 16.9. The minimum absolute atomic E-state index is 0. The van der Waals surface area contributed by atoms with Crippen LogP contribution < -0.4 is 4.74 Å². The van der Waals surface area contributed by atoms with Crippen molar-refractivity contribution in [1.29, 1.82) is 0 Å². The summed E-state index contributed by atoms with van der Waals surface area (Å²) in [5.41, 5.74) is 18.7. The van der Waals surface area contributed by atoms with E-state index in [1.165, 1.54) is 11.1 Å². The van der Waals surface area contributed by atoms with E-state index in [0.717, 1.165) is 101 Å². The van der Waals surface area contributed by atoms with E-state index in [1.807, 2.05) is 32.2 Å². The van der Waals surface area contributed by atoms with E-state index in [1.54, 1.807) is 0 Å². The number of ether oxygens (including phenoxy) is 1. The third-order valence-electron chi connectivity index (χ3n) is 12.0. The first-order chi connectivity index (χ1) is 30.7. The Balaban J connectivity index is 0.00000576. The van der Waals surface area contributed by atoms with Gasteiger partial charge < -0.3 is 4.74 Å². The summed E-state index contributed by atoms with van der Waals surface area (Å²) in [5, 5.41) is 0. The molecule has 9 rings (SSSR count). The number of rotatable bonds is 9. The standard InChI is InChI=1S/C59H53N3O.Pt/c1-37(2)49-35-51(43-19-14-11-15-20-43)55(36-50(49)42-17-12-10-13-18-42)62-54-22-16-21-48(56(54)61-58(62)52-30-39(4)29-40(5)57(52)63-9)45-31-46(33-47(32-45)59(6,7)8)53-34-44(27-28-60-53)41-25-23-38(3)24-26-41;/h10-30,32-37H,9H2,1-8H3;/q-2;+2/i37D;. The van der Waals surface area contributed by atoms with Gasteiger partial charge in [-0.3, -0.25) is 9.55 Å². The van der Waals surface area contributed by atoms with Crippen molar-refractivity contribution >= 4 is 11.0 Å². The smallest absolute Gasteiger partial charge is 0.665 e. The molecule has 0 radical (unpaired) electrons. The average molecular weight is 1020 g/mol. The van der Waals surface area contributed by atoms with E-state index >= 15 is 0 Å². The summed E-state index contributed by atoms with van der Waals surface area (Å²) in [6, 6.07) is 57.2. The number of imidazole rings is 1. The van der Waals surface area contributed by atoms with Gasteiger partial charge in [-0.1, -0.05) is 161 Å². The zero-order valence-electron chi connectivity index (χ0n) is 38.8. The third-order valence-corrected chi connectivity index (χ3v) is 12.0. The number of pyridine rings is 1. The van der Waals surface area contributed by atoms with Crippen LogP contribution in [-0.4, -0.2) is 14.5 Å². The van der Waals surface area contributed by atoms with Crippen molar-refractivity contribution < 1.29 is 27.2 Å². The molecule has 0 atom stereocenters. The summed E-state index contributed by atoms with van der Waals surface area (Å²) in [7, 11) is 3.94. The molecule has 9 aromatic rings. The molecule has 0 aliphatic heterocycles. The van der Waals surface area contributed by atoms with E-state index < -0.39 is 5.89 Å². The van der Waals surface area contributed by atoms with Crippen molar-refractivity contribution in [2.45, 2.75) is 66.7 Å². The zero-order valence-corrected chi connectivity index (χ0v) is 40.1. The van der Waals surface area contributed by atoms with Crippen LogP contribution in [0.2, 0.25) is 0 Å². The van der Waals surface area contributed by atoms with E-state index in [2.05, 4.69) is 199 Å². The van der Waals surface area contributed by atoms with Gasteiger partial charge >= 0.3 is 21.1 Å². The molecule has 0 saturated heterocycles. The predicted molar refractivity (Wildman–Crippen MR) is 263 cm³/mol. The number of hydrogen-bond donors (Lipinski definition) is 0.